The summed E-state index contributed by atoms with van der Waals surface area (Å²) in [5.74, 6) is 0.653. The average molecular weight is 312 g/mol. The summed E-state index contributed by atoms with van der Waals surface area (Å²) in [6.07, 6.45) is 2.17. The first-order chi connectivity index (χ1) is 8.42. The third kappa shape index (κ3) is 4.81. The van der Waals surface area contributed by atoms with Gasteiger partial charge in [-0.3, -0.25) is 4.79 Å². The topological polar surface area (TPSA) is 29.1 Å². The molecule has 0 spiro atoms. The summed E-state index contributed by atoms with van der Waals surface area (Å²) < 4.78 is 0.947. The van der Waals surface area contributed by atoms with Gasteiger partial charge in [-0.1, -0.05) is 36.2 Å². The Morgan fingerprint density at radius 3 is 2.56 bits per heavy atom. The zero-order chi connectivity index (χ0) is 13.7. The van der Waals surface area contributed by atoms with E-state index >= 15 is 0 Å². The Morgan fingerprint density at radius 1 is 1.33 bits per heavy atom. The van der Waals surface area contributed by atoms with Crippen molar-refractivity contribution >= 4 is 21.8 Å². The maximum atomic E-state index is 12.1. The number of aryl methyl sites for hydroxylation is 1. The lowest BCUT2D eigenvalue weighted by Crippen LogP contribution is -2.33. The summed E-state index contributed by atoms with van der Waals surface area (Å²) in [5, 5.41) is 3.06. The van der Waals surface area contributed by atoms with Gasteiger partial charge in [0, 0.05) is 16.1 Å². The van der Waals surface area contributed by atoms with Gasteiger partial charge in [0.2, 0.25) is 0 Å². The number of hydrogen-bond acceptors (Lipinski definition) is 1. The Labute approximate surface area is 118 Å². The van der Waals surface area contributed by atoms with Crippen LogP contribution < -0.4 is 5.32 Å². The minimum atomic E-state index is 0.00945. The summed E-state index contributed by atoms with van der Waals surface area (Å²) in [7, 11) is 0. The molecule has 0 fully saturated rings. The molecule has 0 heterocycles. The molecule has 2 unspecified atom stereocenters. The van der Waals surface area contributed by atoms with Crippen molar-refractivity contribution in [2.75, 3.05) is 0 Å². The van der Waals surface area contributed by atoms with Gasteiger partial charge in [-0.15, -0.1) is 0 Å². The molecule has 100 valence electrons. The largest absolute Gasteiger partial charge is 0.350 e. The summed E-state index contributed by atoms with van der Waals surface area (Å²) in [5.41, 5.74) is 1.81. The van der Waals surface area contributed by atoms with E-state index in [9.17, 15) is 4.79 Å². The minimum Gasteiger partial charge on any atom is -0.350 e. The number of benzene rings is 1. The van der Waals surface area contributed by atoms with Crippen LogP contribution in [0.25, 0.3) is 0 Å². The zero-order valence-corrected chi connectivity index (χ0v) is 13.2. The monoisotopic (exact) mass is 311 g/mol. The lowest BCUT2D eigenvalue weighted by Gasteiger charge is -2.17. The Kier molecular flexibility index (Phi) is 5.86. The van der Waals surface area contributed by atoms with Crippen LogP contribution in [-0.2, 0) is 0 Å². The van der Waals surface area contributed by atoms with Gasteiger partial charge in [0.25, 0.3) is 5.91 Å². The fourth-order valence-electron chi connectivity index (χ4n) is 2.00. The molecule has 0 aliphatic carbocycles. The molecule has 0 aliphatic rings. The lowest BCUT2D eigenvalue weighted by molar-refractivity contribution is 0.0935. The molecule has 1 rings (SSSR count). The summed E-state index contributed by atoms with van der Waals surface area (Å²) in [4.78, 5) is 12.1. The van der Waals surface area contributed by atoms with Crippen molar-refractivity contribution < 1.29 is 4.79 Å². The molecule has 1 amide bonds. The third-order valence-corrected chi connectivity index (χ3v) is 3.59. The Bertz CT molecular complexity index is 397. The first-order valence-corrected chi connectivity index (χ1v) is 7.29. The van der Waals surface area contributed by atoms with E-state index in [4.69, 9.17) is 0 Å². The minimum absolute atomic E-state index is 0.00945. The summed E-state index contributed by atoms with van der Waals surface area (Å²) in [6.45, 7) is 8.45. The Balaban J connectivity index is 2.64. The normalized spacial score (nSPS) is 14.1. The van der Waals surface area contributed by atoms with E-state index in [2.05, 4.69) is 42.0 Å². The second-order valence-electron chi connectivity index (χ2n) is 5.14. The molecule has 1 N–H and O–H groups in total. The van der Waals surface area contributed by atoms with Crippen molar-refractivity contribution in [2.45, 2.75) is 46.6 Å². The molecule has 2 nitrogen and oxygen atoms in total. The van der Waals surface area contributed by atoms with Crippen molar-refractivity contribution in [3.8, 4) is 0 Å². The predicted octanol–water partition coefficient (Wildman–Crippen LogP) is 4.31. The van der Waals surface area contributed by atoms with Crippen LogP contribution in [-0.4, -0.2) is 11.9 Å². The molecule has 2 atom stereocenters. The highest BCUT2D eigenvalue weighted by molar-refractivity contribution is 9.10. The van der Waals surface area contributed by atoms with Crippen LogP contribution in [0, 0.1) is 12.8 Å². The zero-order valence-electron chi connectivity index (χ0n) is 11.6. The highest BCUT2D eigenvalue weighted by Gasteiger charge is 2.12. The number of hydrogen-bond donors (Lipinski definition) is 1. The number of carbonyl (C=O) groups is 1. The molecular weight excluding hydrogens is 290 g/mol. The van der Waals surface area contributed by atoms with Gasteiger partial charge in [0.1, 0.15) is 0 Å². The van der Waals surface area contributed by atoms with Gasteiger partial charge >= 0.3 is 0 Å². The van der Waals surface area contributed by atoms with Crippen molar-refractivity contribution in [2.24, 2.45) is 5.92 Å². The number of halogens is 1. The van der Waals surface area contributed by atoms with Crippen LogP contribution in [0.2, 0.25) is 0 Å². The highest BCUT2D eigenvalue weighted by atomic mass is 79.9. The maximum Gasteiger partial charge on any atom is 0.251 e. The predicted molar refractivity (Wildman–Crippen MR) is 79.9 cm³/mol. The molecule has 0 saturated heterocycles. The van der Waals surface area contributed by atoms with Gasteiger partial charge in [-0.25, -0.2) is 0 Å². The van der Waals surface area contributed by atoms with Gasteiger partial charge in [-0.05, 0) is 49.9 Å². The van der Waals surface area contributed by atoms with Crippen molar-refractivity contribution in [3.05, 3.63) is 33.8 Å². The van der Waals surface area contributed by atoms with E-state index in [1.54, 1.807) is 0 Å². The fourth-order valence-corrected chi connectivity index (χ4v) is 2.61. The molecule has 0 aromatic heterocycles. The van der Waals surface area contributed by atoms with E-state index < -0.39 is 0 Å². The van der Waals surface area contributed by atoms with E-state index in [1.165, 1.54) is 0 Å². The molecule has 0 saturated carbocycles. The van der Waals surface area contributed by atoms with Crippen molar-refractivity contribution in [1.29, 1.82) is 0 Å². The van der Waals surface area contributed by atoms with Gasteiger partial charge in [-0.2, -0.15) is 0 Å². The number of amides is 1. The molecule has 18 heavy (non-hydrogen) atoms. The molecule has 1 aromatic carbocycles. The van der Waals surface area contributed by atoms with Crippen LogP contribution in [0.15, 0.2) is 22.7 Å². The lowest BCUT2D eigenvalue weighted by atomic mass is 10.00. The summed E-state index contributed by atoms with van der Waals surface area (Å²) in [6, 6.07) is 5.99. The van der Waals surface area contributed by atoms with Crippen LogP contribution in [0.3, 0.4) is 0 Å². The van der Waals surface area contributed by atoms with E-state index in [0.717, 1.165) is 28.4 Å². The highest BCUT2D eigenvalue weighted by Crippen LogP contribution is 2.16. The Hall–Kier alpha value is -0.830. The third-order valence-electron chi connectivity index (χ3n) is 3.13. The van der Waals surface area contributed by atoms with Crippen molar-refractivity contribution in [3.63, 3.8) is 0 Å². The second kappa shape index (κ2) is 6.93. The smallest absolute Gasteiger partial charge is 0.251 e. The number of nitrogens with one attached hydrogen (secondary N) is 1. The van der Waals surface area contributed by atoms with E-state index in [-0.39, 0.29) is 11.9 Å². The molecule has 1 aromatic rings. The fraction of sp³-hybridized carbons (Fsp3) is 0.533. The van der Waals surface area contributed by atoms with Crippen molar-refractivity contribution in [1.82, 2.24) is 5.32 Å². The maximum absolute atomic E-state index is 12.1. The number of carbonyl (C=O) groups excluding carboxylic acids is 1. The van der Waals surface area contributed by atoms with E-state index in [0.29, 0.717) is 5.92 Å². The first kappa shape index (κ1) is 15.2. The van der Waals surface area contributed by atoms with Crippen LogP contribution in [0.4, 0.5) is 0 Å². The van der Waals surface area contributed by atoms with Gasteiger partial charge in [0.05, 0.1) is 0 Å². The van der Waals surface area contributed by atoms with Crippen LogP contribution in [0.5, 0.6) is 0 Å². The molecule has 0 bridgehead atoms. The molecular formula is C15H22BrNO. The first-order valence-electron chi connectivity index (χ1n) is 6.50. The molecule has 0 aliphatic heterocycles. The molecule has 0 radical (unpaired) electrons. The number of rotatable bonds is 5. The standard InChI is InChI=1S/C15H22BrNO/c1-5-10(2)6-12(4)17-15(18)13-7-11(3)8-14(16)9-13/h7-10,12H,5-6H2,1-4H3,(H,17,18). The summed E-state index contributed by atoms with van der Waals surface area (Å²) >= 11 is 3.42. The SMILES string of the molecule is CCC(C)CC(C)NC(=O)c1cc(C)cc(Br)c1. The second-order valence-corrected chi connectivity index (χ2v) is 6.06. The quantitative estimate of drug-likeness (QED) is 0.862. The average Bonchev–Trinajstić information content (AvgIpc) is 2.27. The molecule has 3 heteroatoms. The van der Waals surface area contributed by atoms with Crippen LogP contribution in [0.1, 0.15) is 49.5 Å². The van der Waals surface area contributed by atoms with Gasteiger partial charge in [0.15, 0.2) is 0 Å². The Morgan fingerprint density at radius 2 is 2.00 bits per heavy atom. The van der Waals surface area contributed by atoms with E-state index in [1.807, 2.05) is 25.1 Å². The van der Waals surface area contributed by atoms with Crippen LogP contribution >= 0.6 is 15.9 Å². The van der Waals surface area contributed by atoms with Gasteiger partial charge < -0.3 is 5.32 Å².